The third-order valence-electron chi connectivity index (χ3n) is 4.34. The van der Waals surface area contributed by atoms with Crippen LogP contribution < -0.4 is 10.6 Å². The SMILES string of the molecule is CN=C(NCCN1CCOCC1)NCC(C)CN1CCOCC1. The van der Waals surface area contributed by atoms with E-state index >= 15 is 0 Å². The Morgan fingerprint density at radius 2 is 1.61 bits per heavy atom. The molecule has 2 N–H and O–H groups in total. The highest BCUT2D eigenvalue weighted by Gasteiger charge is 2.14. The van der Waals surface area contributed by atoms with Crippen molar-refractivity contribution in [1.29, 1.82) is 0 Å². The van der Waals surface area contributed by atoms with Crippen molar-refractivity contribution in [2.24, 2.45) is 10.9 Å². The summed E-state index contributed by atoms with van der Waals surface area (Å²) in [5.41, 5.74) is 0. The summed E-state index contributed by atoms with van der Waals surface area (Å²) >= 11 is 0. The average molecular weight is 327 g/mol. The van der Waals surface area contributed by atoms with E-state index in [0.717, 1.165) is 84.7 Å². The molecule has 2 aliphatic rings. The first-order valence-electron chi connectivity index (χ1n) is 8.82. The molecule has 2 heterocycles. The number of morpholine rings is 2. The fraction of sp³-hybridized carbons (Fsp3) is 0.938. The zero-order chi connectivity index (χ0) is 16.3. The lowest BCUT2D eigenvalue weighted by Crippen LogP contribution is -2.46. The van der Waals surface area contributed by atoms with Gasteiger partial charge in [-0.25, -0.2) is 0 Å². The van der Waals surface area contributed by atoms with Gasteiger partial charge in [0.15, 0.2) is 5.96 Å². The van der Waals surface area contributed by atoms with E-state index in [1.807, 2.05) is 7.05 Å². The van der Waals surface area contributed by atoms with E-state index in [4.69, 9.17) is 9.47 Å². The zero-order valence-electron chi connectivity index (χ0n) is 14.7. The van der Waals surface area contributed by atoms with Crippen LogP contribution in [0, 0.1) is 5.92 Å². The first-order valence-corrected chi connectivity index (χ1v) is 8.82. The summed E-state index contributed by atoms with van der Waals surface area (Å²) in [6.07, 6.45) is 0. The molecule has 1 unspecified atom stereocenters. The standard InChI is InChI=1S/C16H33N5O2/c1-15(14-21-7-11-23-12-8-21)13-19-16(17-2)18-3-4-20-5-9-22-10-6-20/h15H,3-14H2,1-2H3,(H2,17,18,19). The molecule has 0 radical (unpaired) electrons. The number of nitrogens with one attached hydrogen (secondary N) is 2. The van der Waals surface area contributed by atoms with Crippen LogP contribution in [-0.4, -0.2) is 102 Å². The number of hydrogen-bond donors (Lipinski definition) is 2. The highest BCUT2D eigenvalue weighted by molar-refractivity contribution is 5.79. The zero-order valence-corrected chi connectivity index (χ0v) is 14.7. The Labute approximate surface area is 140 Å². The van der Waals surface area contributed by atoms with Gasteiger partial charge in [-0.2, -0.15) is 0 Å². The lowest BCUT2D eigenvalue weighted by molar-refractivity contribution is 0.0320. The molecule has 0 saturated carbocycles. The van der Waals surface area contributed by atoms with Gasteiger partial charge in [0.1, 0.15) is 0 Å². The molecule has 134 valence electrons. The maximum Gasteiger partial charge on any atom is 0.191 e. The minimum atomic E-state index is 0.589. The highest BCUT2D eigenvalue weighted by atomic mass is 16.5. The van der Waals surface area contributed by atoms with Gasteiger partial charge in [-0.15, -0.1) is 0 Å². The van der Waals surface area contributed by atoms with Crippen molar-refractivity contribution in [1.82, 2.24) is 20.4 Å². The molecule has 0 aromatic rings. The minimum absolute atomic E-state index is 0.589. The van der Waals surface area contributed by atoms with Crippen molar-refractivity contribution in [2.75, 3.05) is 85.8 Å². The molecular formula is C16H33N5O2. The van der Waals surface area contributed by atoms with Crippen molar-refractivity contribution >= 4 is 5.96 Å². The summed E-state index contributed by atoms with van der Waals surface area (Å²) in [6.45, 7) is 13.9. The van der Waals surface area contributed by atoms with E-state index in [2.05, 4.69) is 32.3 Å². The number of aliphatic imine (C=N–C) groups is 1. The topological polar surface area (TPSA) is 61.4 Å². The summed E-state index contributed by atoms with van der Waals surface area (Å²) in [6, 6.07) is 0. The van der Waals surface area contributed by atoms with Crippen LogP contribution in [0.2, 0.25) is 0 Å². The number of nitrogens with zero attached hydrogens (tertiary/aromatic N) is 3. The third kappa shape index (κ3) is 7.48. The molecule has 0 bridgehead atoms. The minimum Gasteiger partial charge on any atom is -0.379 e. The summed E-state index contributed by atoms with van der Waals surface area (Å²) in [5, 5.41) is 6.83. The van der Waals surface area contributed by atoms with E-state index in [1.165, 1.54) is 0 Å². The smallest absolute Gasteiger partial charge is 0.191 e. The van der Waals surface area contributed by atoms with Crippen molar-refractivity contribution in [3.8, 4) is 0 Å². The fourth-order valence-electron chi connectivity index (χ4n) is 2.94. The Morgan fingerprint density at radius 1 is 1.00 bits per heavy atom. The van der Waals surface area contributed by atoms with Gasteiger partial charge in [-0.3, -0.25) is 14.8 Å². The van der Waals surface area contributed by atoms with Gasteiger partial charge in [0, 0.05) is 59.4 Å². The average Bonchev–Trinajstić information content (AvgIpc) is 2.59. The van der Waals surface area contributed by atoms with Gasteiger partial charge in [0.05, 0.1) is 26.4 Å². The first kappa shape index (κ1) is 18.4. The van der Waals surface area contributed by atoms with E-state index in [1.54, 1.807) is 0 Å². The molecule has 0 amide bonds. The maximum atomic E-state index is 5.39. The monoisotopic (exact) mass is 327 g/mol. The normalized spacial score (nSPS) is 22.8. The van der Waals surface area contributed by atoms with Gasteiger partial charge in [0.2, 0.25) is 0 Å². The molecule has 0 aromatic heterocycles. The molecule has 1 atom stereocenters. The van der Waals surface area contributed by atoms with Crippen LogP contribution in [0.1, 0.15) is 6.92 Å². The summed E-state index contributed by atoms with van der Waals surface area (Å²) < 4.78 is 10.8. The molecule has 0 aromatic carbocycles. The first-order chi connectivity index (χ1) is 11.3. The second-order valence-corrected chi connectivity index (χ2v) is 6.35. The van der Waals surface area contributed by atoms with E-state index in [9.17, 15) is 0 Å². The van der Waals surface area contributed by atoms with Crippen LogP contribution in [-0.2, 0) is 9.47 Å². The van der Waals surface area contributed by atoms with Crippen LogP contribution in [0.4, 0.5) is 0 Å². The van der Waals surface area contributed by atoms with Crippen LogP contribution >= 0.6 is 0 Å². The summed E-state index contributed by atoms with van der Waals surface area (Å²) in [5.74, 6) is 1.48. The van der Waals surface area contributed by atoms with Gasteiger partial charge in [-0.05, 0) is 5.92 Å². The third-order valence-corrected chi connectivity index (χ3v) is 4.34. The fourth-order valence-corrected chi connectivity index (χ4v) is 2.94. The largest absolute Gasteiger partial charge is 0.379 e. The Balaban J connectivity index is 1.56. The number of rotatable bonds is 7. The second kappa shape index (κ2) is 10.8. The molecule has 7 nitrogen and oxygen atoms in total. The molecular weight excluding hydrogens is 294 g/mol. The maximum absolute atomic E-state index is 5.39. The molecule has 2 aliphatic heterocycles. The highest BCUT2D eigenvalue weighted by Crippen LogP contribution is 2.02. The van der Waals surface area contributed by atoms with Gasteiger partial charge >= 0.3 is 0 Å². The predicted octanol–water partition coefficient (Wildman–Crippen LogP) is -0.548. The van der Waals surface area contributed by atoms with E-state index < -0.39 is 0 Å². The van der Waals surface area contributed by atoms with Gasteiger partial charge < -0.3 is 20.1 Å². The summed E-state index contributed by atoms with van der Waals surface area (Å²) in [4.78, 5) is 9.21. The van der Waals surface area contributed by atoms with Crippen molar-refractivity contribution in [2.45, 2.75) is 6.92 Å². The Morgan fingerprint density at radius 3 is 2.22 bits per heavy atom. The second-order valence-electron chi connectivity index (χ2n) is 6.35. The Kier molecular flexibility index (Phi) is 8.67. The van der Waals surface area contributed by atoms with Crippen molar-refractivity contribution in [3.63, 3.8) is 0 Å². The molecule has 0 aliphatic carbocycles. The molecule has 23 heavy (non-hydrogen) atoms. The quantitative estimate of drug-likeness (QED) is 0.483. The lowest BCUT2D eigenvalue weighted by Gasteiger charge is -2.29. The number of hydrogen-bond acceptors (Lipinski definition) is 5. The Bertz CT molecular complexity index is 341. The number of guanidine groups is 1. The number of ether oxygens (including phenoxy) is 2. The van der Waals surface area contributed by atoms with Crippen LogP contribution in [0.5, 0.6) is 0 Å². The molecule has 2 saturated heterocycles. The predicted molar refractivity (Wildman–Crippen MR) is 93.0 cm³/mol. The molecule has 7 heteroatoms. The van der Waals surface area contributed by atoms with Crippen LogP contribution in [0.25, 0.3) is 0 Å². The van der Waals surface area contributed by atoms with Crippen LogP contribution in [0.15, 0.2) is 4.99 Å². The van der Waals surface area contributed by atoms with E-state index in [-0.39, 0.29) is 0 Å². The van der Waals surface area contributed by atoms with Gasteiger partial charge in [-0.1, -0.05) is 6.92 Å². The lowest BCUT2D eigenvalue weighted by atomic mass is 10.1. The van der Waals surface area contributed by atoms with Crippen molar-refractivity contribution < 1.29 is 9.47 Å². The summed E-state index contributed by atoms with van der Waals surface area (Å²) in [7, 11) is 1.83. The van der Waals surface area contributed by atoms with Crippen LogP contribution in [0.3, 0.4) is 0 Å². The van der Waals surface area contributed by atoms with Gasteiger partial charge in [0.25, 0.3) is 0 Å². The molecule has 2 rings (SSSR count). The van der Waals surface area contributed by atoms with Crippen molar-refractivity contribution in [3.05, 3.63) is 0 Å². The van der Waals surface area contributed by atoms with E-state index in [0.29, 0.717) is 5.92 Å². The molecule has 2 fully saturated rings. The Hall–Kier alpha value is -0.890. The molecule has 0 spiro atoms.